The third-order valence-electron chi connectivity index (χ3n) is 6.05. The van der Waals surface area contributed by atoms with Crippen molar-refractivity contribution in [3.05, 3.63) is 59.5 Å². The van der Waals surface area contributed by atoms with Gasteiger partial charge < -0.3 is 4.52 Å². The molecular formula is C22H24N4O3S. The molecule has 3 heterocycles. The quantitative estimate of drug-likeness (QED) is 0.602. The van der Waals surface area contributed by atoms with Crippen LogP contribution >= 0.6 is 0 Å². The number of pyridine rings is 1. The maximum Gasteiger partial charge on any atom is 0.276 e. The topological polar surface area (TPSA) is 89.2 Å². The first-order chi connectivity index (χ1) is 14.6. The van der Waals surface area contributed by atoms with Crippen LogP contribution in [-0.4, -0.2) is 40.4 Å². The fraction of sp³-hybridized carbons (Fsp3) is 0.409. The third kappa shape index (κ3) is 3.65. The van der Waals surface area contributed by atoms with E-state index in [-0.39, 0.29) is 6.04 Å². The molecule has 1 fully saturated rings. The number of hydrogen-bond acceptors (Lipinski definition) is 6. The largest absolute Gasteiger partial charge is 0.332 e. The molecule has 0 bridgehead atoms. The summed E-state index contributed by atoms with van der Waals surface area (Å²) in [7, 11) is -3.49. The molecule has 2 aliphatic rings. The molecule has 0 N–H and O–H groups in total. The molecule has 1 saturated heterocycles. The van der Waals surface area contributed by atoms with E-state index in [0.29, 0.717) is 41.7 Å². The minimum absolute atomic E-state index is 0.0416. The highest BCUT2D eigenvalue weighted by molar-refractivity contribution is 7.89. The van der Waals surface area contributed by atoms with Gasteiger partial charge in [-0.1, -0.05) is 17.3 Å². The van der Waals surface area contributed by atoms with E-state index in [1.807, 2.05) is 30.3 Å². The number of rotatable bonds is 6. The van der Waals surface area contributed by atoms with Gasteiger partial charge in [-0.2, -0.15) is 9.29 Å². The molecule has 30 heavy (non-hydrogen) atoms. The second-order valence-electron chi connectivity index (χ2n) is 7.97. The monoisotopic (exact) mass is 424 g/mol. The van der Waals surface area contributed by atoms with E-state index in [0.717, 1.165) is 32.1 Å². The van der Waals surface area contributed by atoms with Crippen LogP contribution in [0, 0.1) is 0 Å². The van der Waals surface area contributed by atoms with Gasteiger partial charge >= 0.3 is 0 Å². The number of fused-ring (bicyclic) bond motifs is 1. The molecule has 5 rings (SSSR count). The maximum atomic E-state index is 13.3. The average Bonchev–Trinajstić information content (AvgIpc) is 3.52. The Morgan fingerprint density at radius 2 is 2.00 bits per heavy atom. The van der Waals surface area contributed by atoms with E-state index in [1.165, 1.54) is 11.1 Å². The van der Waals surface area contributed by atoms with Crippen molar-refractivity contribution in [3.8, 4) is 11.6 Å². The first kappa shape index (κ1) is 19.4. The van der Waals surface area contributed by atoms with Crippen molar-refractivity contribution in [2.24, 2.45) is 0 Å². The van der Waals surface area contributed by atoms with Gasteiger partial charge in [-0.25, -0.2) is 8.42 Å². The lowest BCUT2D eigenvalue weighted by Crippen LogP contribution is -2.36. The van der Waals surface area contributed by atoms with Gasteiger partial charge in [-0.3, -0.25) is 4.98 Å². The second-order valence-corrected chi connectivity index (χ2v) is 9.86. The molecule has 2 aromatic heterocycles. The molecule has 1 atom stereocenters. The highest BCUT2D eigenvalue weighted by Gasteiger charge is 2.35. The van der Waals surface area contributed by atoms with E-state index in [9.17, 15) is 8.42 Å². The summed E-state index contributed by atoms with van der Waals surface area (Å²) in [5.74, 6) is 0.970. The molecule has 1 aliphatic carbocycles. The Bertz CT molecular complexity index is 1140. The van der Waals surface area contributed by atoms with Gasteiger partial charge in [0.1, 0.15) is 5.69 Å². The summed E-state index contributed by atoms with van der Waals surface area (Å²) in [6.07, 6.45) is 7.78. The molecule has 0 amide bonds. The second kappa shape index (κ2) is 7.92. The summed E-state index contributed by atoms with van der Waals surface area (Å²) < 4.78 is 33.6. The molecular weight excluding hydrogens is 400 g/mol. The zero-order valence-corrected chi connectivity index (χ0v) is 17.5. The molecule has 3 aromatic rings. The van der Waals surface area contributed by atoms with Gasteiger partial charge in [-0.15, -0.1) is 0 Å². The van der Waals surface area contributed by atoms with E-state index in [1.54, 1.807) is 16.6 Å². The van der Waals surface area contributed by atoms with E-state index >= 15 is 0 Å². The average molecular weight is 425 g/mol. The van der Waals surface area contributed by atoms with Crippen LogP contribution in [0.25, 0.3) is 11.6 Å². The van der Waals surface area contributed by atoms with Crippen molar-refractivity contribution in [2.45, 2.75) is 55.9 Å². The molecule has 156 valence electrons. The van der Waals surface area contributed by atoms with Crippen LogP contribution in [0.15, 0.2) is 52.0 Å². The van der Waals surface area contributed by atoms with E-state index < -0.39 is 10.0 Å². The van der Waals surface area contributed by atoms with Crippen molar-refractivity contribution in [2.75, 3.05) is 6.54 Å². The van der Waals surface area contributed by atoms with Crippen molar-refractivity contribution in [1.29, 1.82) is 0 Å². The molecule has 0 radical (unpaired) electrons. The van der Waals surface area contributed by atoms with Crippen molar-refractivity contribution in [1.82, 2.24) is 19.4 Å². The van der Waals surface area contributed by atoms with Gasteiger partial charge in [0.2, 0.25) is 10.0 Å². The normalized spacial score (nSPS) is 19.3. The van der Waals surface area contributed by atoms with Crippen LogP contribution in [-0.2, 0) is 29.3 Å². The number of nitrogens with zero attached hydrogens (tertiary/aromatic N) is 4. The minimum atomic E-state index is -3.49. The van der Waals surface area contributed by atoms with Crippen LogP contribution in [0.3, 0.4) is 0 Å². The molecule has 1 aromatic carbocycles. The minimum Gasteiger partial charge on any atom is -0.332 e. The SMILES string of the molecule is O=S(=O)(c1ccc2c(c1)CCC2)N1CCCC1CCc1noc(-c2ccccn2)n1. The Hall–Kier alpha value is -2.58. The Balaban J connectivity index is 1.29. The van der Waals surface area contributed by atoms with Crippen LogP contribution in [0.1, 0.15) is 42.6 Å². The first-order valence-electron chi connectivity index (χ1n) is 10.5. The van der Waals surface area contributed by atoms with Crippen LogP contribution in [0.5, 0.6) is 0 Å². The fourth-order valence-corrected chi connectivity index (χ4v) is 6.28. The van der Waals surface area contributed by atoms with Crippen molar-refractivity contribution >= 4 is 10.0 Å². The summed E-state index contributed by atoms with van der Waals surface area (Å²) in [4.78, 5) is 9.06. The molecule has 1 aliphatic heterocycles. The van der Waals surface area contributed by atoms with Gasteiger partial charge in [0, 0.05) is 25.2 Å². The van der Waals surface area contributed by atoms with Crippen molar-refractivity contribution < 1.29 is 12.9 Å². The Labute approximate surface area is 176 Å². The van der Waals surface area contributed by atoms with Gasteiger partial charge in [0.15, 0.2) is 5.82 Å². The van der Waals surface area contributed by atoms with Crippen LogP contribution in [0.4, 0.5) is 0 Å². The highest BCUT2D eigenvalue weighted by atomic mass is 32.2. The number of sulfonamides is 1. The standard InChI is InChI=1S/C22H24N4O3S/c27-30(28,19-11-9-16-5-3-6-17(16)15-19)26-14-4-7-18(26)10-12-21-24-22(29-25-21)20-8-1-2-13-23-20/h1-2,8-9,11,13,15,18H,3-7,10,12,14H2. The lowest BCUT2D eigenvalue weighted by atomic mass is 10.1. The maximum absolute atomic E-state index is 13.3. The summed E-state index contributed by atoms with van der Waals surface area (Å²) in [5.41, 5.74) is 3.10. The summed E-state index contributed by atoms with van der Waals surface area (Å²) in [6, 6.07) is 11.1. The number of benzene rings is 1. The molecule has 0 saturated carbocycles. The van der Waals surface area contributed by atoms with E-state index in [4.69, 9.17) is 4.52 Å². The number of hydrogen-bond donors (Lipinski definition) is 0. The molecule has 8 heteroatoms. The summed E-state index contributed by atoms with van der Waals surface area (Å²) >= 11 is 0. The highest BCUT2D eigenvalue weighted by Crippen LogP contribution is 2.31. The summed E-state index contributed by atoms with van der Waals surface area (Å²) in [5, 5.41) is 4.04. The van der Waals surface area contributed by atoms with Crippen molar-refractivity contribution in [3.63, 3.8) is 0 Å². The molecule has 7 nitrogen and oxygen atoms in total. The number of aromatic nitrogens is 3. The lowest BCUT2D eigenvalue weighted by Gasteiger charge is -2.24. The predicted molar refractivity (Wildman–Crippen MR) is 111 cm³/mol. The van der Waals surface area contributed by atoms with Crippen LogP contribution in [0.2, 0.25) is 0 Å². The molecule has 1 unspecified atom stereocenters. The summed E-state index contributed by atoms with van der Waals surface area (Å²) in [6.45, 7) is 0.565. The predicted octanol–water partition coefficient (Wildman–Crippen LogP) is 3.41. The Kier molecular flexibility index (Phi) is 5.12. The Morgan fingerprint density at radius 3 is 2.87 bits per heavy atom. The van der Waals surface area contributed by atoms with Crippen LogP contribution < -0.4 is 0 Å². The third-order valence-corrected chi connectivity index (χ3v) is 8.00. The Morgan fingerprint density at radius 1 is 1.10 bits per heavy atom. The van der Waals surface area contributed by atoms with Gasteiger partial charge in [0.05, 0.1) is 4.90 Å². The lowest BCUT2D eigenvalue weighted by molar-refractivity contribution is 0.364. The number of aryl methyl sites for hydroxylation is 3. The fourth-order valence-electron chi connectivity index (χ4n) is 4.50. The van der Waals surface area contributed by atoms with E-state index in [2.05, 4.69) is 15.1 Å². The smallest absolute Gasteiger partial charge is 0.276 e. The zero-order valence-electron chi connectivity index (χ0n) is 16.7. The first-order valence-corrected chi connectivity index (χ1v) is 11.9. The van der Waals surface area contributed by atoms with Gasteiger partial charge in [0.25, 0.3) is 5.89 Å². The van der Waals surface area contributed by atoms with Gasteiger partial charge in [-0.05, 0) is 73.9 Å². The molecule has 0 spiro atoms. The zero-order chi connectivity index (χ0) is 20.6.